The van der Waals surface area contributed by atoms with Gasteiger partial charge in [-0.15, -0.1) is 0 Å². The first-order chi connectivity index (χ1) is 17.3. The Kier molecular flexibility index (Phi) is 5.35. The van der Waals surface area contributed by atoms with Gasteiger partial charge in [-0.2, -0.15) is 5.10 Å². The zero-order valence-electron chi connectivity index (χ0n) is 19.4. The second-order valence-electron chi connectivity index (χ2n) is 8.40. The van der Waals surface area contributed by atoms with Crippen LogP contribution in [0.25, 0.3) is 39.4 Å². The molecule has 6 aromatic rings. The van der Waals surface area contributed by atoms with Crippen LogP contribution in [0.15, 0.2) is 115 Å². The van der Waals surface area contributed by atoms with Gasteiger partial charge in [-0.25, -0.2) is 9.67 Å². The second-order valence-corrected chi connectivity index (χ2v) is 8.40. The van der Waals surface area contributed by atoms with Crippen LogP contribution < -0.4 is 4.74 Å². The van der Waals surface area contributed by atoms with Gasteiger partial charge >= 0.3 is 0 Å². The highest BCUT2D eigenvalue weighted by molar-refractivity contribution is 5.85. The van der Waals surface area contributed by atoms with Crippen molar-refractivity contribution in [3.63, 3.8) is 0 Å². The van der Waals surface area contributed by atoms with E-state index in [-0.39, 0.29) is 0 Å². The molecule has 0 aliphatic rings. The molecule has 0 atom stereocenters. The molecule has 0 spiro atoms. The Balaban J connectivity index is 1.58. The van der Waals surface area contributed by atoms with Gasteiger partial charge < -0.3 is 9.30 Å². The molecule has 0 saturated carbocycles. The maximum absolute atomic E-state index is 5.38. The molecule has 2 heterocycles. The molecule has 0 unspecified atom stereocenters. The smallest absolute Gasteiger partial charge is 0.145 e. The summed E-state index contributed by atoms with van der Waals surface area (Å²) in [7, 11) is 1.68. The molecule has 0 N–H and O–H groups in total. The summed E-state index contributed by atoms with van der Waals surface area (Å²) in [5, 5.41) is 5.02. The van der Waals surface area contributed by atoms with Crippen molar-refractivity contribution in [1.82, 2.24) is 19.3 Å². The Hall–Kier alpha value is -4.64. The van der Waals surface area contributed by atoms with E-state index in [4.69, 9.17) is 14.8 Å². The molecule has 5 heteroatoms. The number of hydrogen-bond donors (Lipinski definition) is 0. The number of imidazole rings is 1. The monoisotopic (exact) mass is 456 g/mol. The number of methoxy groups -OCH3 is 1. The molecule has 35 heavy (non-hydrogen) atoms. The number of aromatic nitrogens is 4. The number of benzene rings is 4. The highest BCUT2D eigenvalue weighted by atomic mass is 16.5. The fourth-order valence-corrected chi connectivity index (χ4v) is 4.42. The van der Waals surface area contributed by atoms with E-state index in [9.17, 15) is 0 Å². The summed E-state index contributed by atoms with van der Waals surface area (Å²) in [5.74, 6) is 1.71. The number of ether oxygens (including phenoxy) is 1. The van der Waals surface area contributed by atoms with Crippen LogP contribution in [-0.4, -0.2) is 26.4 Å². The van der Waals surface area contributed by atoms with Crippen LogP contribution in [0.1, 0.15) is 5.56 Å². The largest absolute Gasteiger partial charge is 0.497 e. The number of fused-ring (bicyclic) bond motifs is 1. The summed E-state index contributed by atoms with van der Waals surface area (Å²) in [6.45, 7) is 0.718. The summed E-state index contributed by atoms with van der Waals surface area (Å²) >= 11 is 0. The number of rotatable bonds is 6. The van der Waals surface area contributed by atoms with E-state index in [1.807, 2.05) is 59.3 Å². The lowest BCUT2D eigenvalue weighted by molar-refractivity contribution is 0.415. The molecule has 5 nitrogen and oxygen atoms in total. The lowest BCUT2D eigenvalue weighted by Gasteiger charge is -2.10. The zero-order valence-corrected chi connectivity index (χ0v) is 19.4. The summed E-state index contributed by atoms with van der Waals surface area (Å²) in [6, 6.07) is 37.0. The van der Waals surface area contributed by atoms with E-state index in [1.165, 1.54) is 5.56 Å². The Bertz CT molecular complexity index is 1580. The predicted molar refractivity (Wildman–Crippen MR) is 140 cm³/mol. The molecule has 0 saturated heterocycles. The third-order valence-electron chi connectivity index (χ3n) is 6.18. The van der Waals surface area contributed by atoms with Crippen LogP contribution >= 0.6 is 0 Å². The van der Waals surface area contributed by atoms with Crippen molar-refractivity contribution in [1.29, 1.82) is 0 Å². The van der Waals surface area contributed by atoms with Gasteiger partial charge in [-0.3, -0.25) is 0 Å². The van der Waals surface area contributed by atoms with Gasteiger partial charge in [0.05, 0.1) is 29.4 Å². The van der Waals surface area contributed by atoms with Crippen molar-refractivity contribution < 1.29 is 4.74 Å². The van der Waals surface area contributed by atoms with Crippen molar-refractivity contribution >= 4 is 11.0 Å². The first kappa shape index (κ1) is 20.9. The normalized spacial score (nSPS) is 11.1. The minimum atomic E-state index is 0.718. The van der Waals surface area contributed by atoms with Crippen LogP contribution in [0.5, 0.6) is 5.75 Å². The molecule has 4 aromatic carbocycles. The maximum atomic E-state index is 5.38. The van der Waals surface area contributed by atoms with E-state index in [0.717, 1.165) is 51.7 Å². The van der Waals surface area contributed by atoms with Crippen LogP contribution in [-0.2, 0) is 6.54 Å². The number of hydrogen-bond acceptors (Lipinski definition) is 3. The van der Waals surface area contributed by atoms with E-state index >= 15 is 0 Å². The minimum Gasteiger partial charge on any atom is -0.497 e. The second kappa shape index (κ2) is 8.95. The molecule has 0 amide bonds. The Morgan fingerprint density at radius 3 is 2.17 bits per heavy atom. The van der Waals surface area contributed by atoms with Crippen LogP contribution in [0.3, 0.4) is 0 Å². The van der Waals surface area contributed by atoms with E-state index in [2.05, 4.69) is 65.4 Å². The predicted octanol–water partition coefficient (Wildman–Crippen LogP) is 6.61. The van der Waals surface area contributed by atoms with Gasteiger partial charge in [0, 0.05) is 18.3 Å². The zero-order chi connectivity index (χ0) is 23.6. The van der Waals surface area contributed by atoms with Crippen LogP contribution in [0.4, 0.5) is 0 Å². The molecule has 0 radical (unpaired) electrons. The lowest BCUT2D eigenvalue weighted by atomic mass is 10.1. The molecule has 6 rings (SSSR count). The third kappa shape index (κ3) is 3.97. The summed E-state index contributed by atoms with van der Waals surface area (Å²) < 4.78 is 9.59. The van der Waals surface area contributed by atoms with E-state index in [0.29, 0.717) is 0 Å². The minimum absolute atomic E-state index is 0.718. The molecule has 0 aliphatic carbocycles. The molecule has 0 aliphatic heterocycles. The Morgan fingerprint density at radius 2 is 1.43 bits per heavy atom. The summed E-state index contributed by atoms with van der Waals surface area (Å²) in [5.41, 5.74) is 7.14. The van der Waals surface area contributed by atoms with Crippen molar-refractivity contribution in [3.05, 3.63) is 121 Å². The van der Waals surface area contributed by atoms with Gasteiger partial charge in [-0.1, -0.05) is 60.7 Å². The van der Waals surface area contributed by atoms with Gasteiger partial charge in [0.25, 0.3) is 0 Å². The molecule has 170 valence electrons. The quantitative estimate of drug-likeness (QED) is 0.283. The van der Waals surface area contributed by atoms with Crippen molar-refractivity contribution in [3.8, 4) is 34.1 Å². The lowest BCUT2D eigenvalue weighted by Crippen LogP contribution is -2.02. The number of nitrogens with zero attached hydrogens (tertiary/aromatic N) is 4. The maximum Gasteiger partial charge on any atom is 0.145 e. The fourth-order valence-electron chi connectivity index (χ4n) is 4.42. The number of para-hydroxylation sites is 3. The van der Waals surface area contributed by atoms with Crippen LogP contribution in [0.2, 0.25) is 0 Å². The Labute approximate surface area is 203 Å². The average Bonchev–Trinajstić information content (AvgIpc) is 3.52. The van der Waals surface area contributed by atoms with Gasteiger partial charge in [0.15, 0.2) is 0 Å². The van der Waals surface area contributed by atoms with Crippen molar-refractivity contribution in [2.45, 2.75) is 6.54 Å². The standard InChI is InChI=1S/C30H24N4O/c1-35-25-18-16-23(17-19-25)29-26(21-34(32-29)24-12-6-3-7-13-24)30-31-27-14-8-9-15-28(27)33(30)20-22-10-4-2-5-11-22/h2-19,21H,20H2,1H3. The SMILES string of the molecule is COc1ccc(-c2nn(-c3ccccc3)cc2-c2nc3ccccc3n2Cc2ccccc2)cc1. The first-order valence-electron chi connectivity index (χ1n) is 11.6. The first-order valence-corrected chi connectivity index (χ1v) is 11.6. The van der Waals surface area contributed by atoms with Crippen molar-refractivity contribution in [2.24, 2.45) is 0 Å². The van der Waals surface area contributed by atoms with Gasteiger partial charge in [-0.05, 0) is 54.1 Å². The molecular formula is C30H24N4O. The Morgan fingerprint density at radius 1 is 0.743 bits per heavy atom. The topological polar surface area (TPSA) is 44.9 Å². The molecule has 0 bridgehead atoms. The highest BCUT2D eigenvalue weighted by Crippen LogP contribution is 2.34. The van der Waals surface area contributed by atoms with Gasteiger partial charge in [0.2, 0.25) is 0 Å². The summed E-state index contributed by atoms with van der Waals surface area (Å²) in [6.07, 6.45) is 2.08. The average molecular weight is 457 g/mol. The van der Waals surface area contributed by atoms with Crippen molar-refractivity contribution in [2.75, 3.05) is 7.11 Å². The van der Waals surface area contributed by atoms with E-state index < -0.39 is 0 Å². The highest BCUT2D eigenvalue weighted by Gasteiger charge is 2.21. The van der Waals surface area contributed by atoms with Gasteiger partial charge in [0.1, 0.15) is 17.3 Å². The molecule has 0 fully saturated rings. The van der Waals surface area contributed by atoms with E-state index in [1.54, 1.807) is 7.11 Å². The third-order valence-corrected chi connectivity index (χ3v) is 6.18. The molecule has 2 aromatic heterocycles. The molecular weight excluding hydrogens is 432 g/mol. The van der Waals surface area contributed by atoms with Crippen LogP contribution in [0, 0.1) is 0 Å². The fraction of sp³-hybridized carbons (Fsp3) is 0.0667. The summed E-state index contributed by atoms with van der Waals surface area (Å²) in [4.78, 5) is 5.09.